The maximum Gasteiger partial charge on any atom is 0.653 e. The minimum atomic E-state index is -5.03. The van der Waals surface area contributed by atoms with E-state index >= 15 is 0 Å². The van der Waals surface area contributed by atoms with Crippen molar-refractivity contribution < 1.29 is 47.8 Å². The predicted octanol–water partition coefficient (Wildman–Crippen LogP) is 1.21. The van der Waals surface area contributed by atoms with Gasteiger partial charge in [-0.3, -0.25) is 14.4 Å². The molecule has 0 aromatic heterocycles. The van der Waals surface area contributed by atoms with Crippen molar-refractivity contribution >= 4 is 25.7 Å². The summed E-state index contributed by atoms with van der Waals surface area (Å²) in [4.78, 5) is 35.3. The molecule has 26 heavy (non-hydrogen) atoms. The van der Waals surface area contributed by atoms with Gasteiger partial charge in [0.05, 0.1) is 36.1 Å². The fourth-order valence-corrected chi connectivity index (χ4v) is 2.64. The zero-order valence-electron chi connectivity index (χ0n) is 15.8. The number of rotatable bonds is 9. The summed E-state index contributed by atoms with van der Waals surface area (Å²) < 4.78 is 26.0. The lowest BCUT2D eigenvalue weighted by atomic mass is 10.1. The first kappa shape index (κ1) is 24.5. The largest absolute Gasteiger partial charge is 0.653 e. The quantitative estimate of drug-likeness (QED) is 0.482. The molecule has 10 nitrogen and oxygen atoms in total. The summed E-state index contributed by atoms with van der Waals surface area (Å²) in [5.41, 5.74) is -4.55. The smallest absolute Gasteiger partial charge is 0.390 e. The Hall–Kier alpha value is -1.48. The molecule has 0 atom stereocenters. The van der Waals surface area contributed by atoms with Crippen molar-refractivity contribution in [3.8, 4) is 0 Å². The molecule has 0 spiro atoms. The van der Waals surface area contributed by atoms with Gasteiger partial charge in [-0.1, -0.05) is 0 Å². The molecule has 152 valence electrons. The average molecular weight is 398 g/mol. The molecule has 0 aliphatic heterocycles. The molecular formula is C15H27O10P. The van der Waals surface area contributed by atoms with Gasteiger partial charge < -0.3 is 28.9 Å². The summed E-state index contributed by atoms with van der Waals surface area (Å²) in [6, 6.07) is 0. The zero-order valence-corrected chi connectivity index (χ0v) is 16.7. The number of carbonyl (C=O) groups excluding carboxylic acids is 3. The normalized spacial score (nSPS) is 13.1. The Morgan fingerprint density at radius 3 is 1.00 bits per heavy atom. The molecule has 0 aliphatic carbocycles. The molecule has 0 aliphatic rings. The average Bonchev–Trinajstić information content (AvgIpc) is 2.16. The van der Waals surface area contributed by atoms with E-state index in [1.807, 2.05) is 0 Å². The van der Waals surface area contributed by atoms with Crippen LogP contribution in [0.2, 0.25) is 0 Å². The van der Waals surface area contributed by atoms with Gasteiger partial charge >= 0.3 is 25.7 Å². The summed E-state index contributed by atoms with van der Waals surface area (Å²) in [6.07, 6.45) is -1.87. The van der Waals surface area contributed by atoms with Crippen molar-refractivity contribution in [3.63, 3.8) is 0 Å². The molecule has 0 amide bonds. The van der Waals surface area contributed by atoms with Crippen molar-refractivity contribution in [3.05, 3.63) is 0 Å². The topological polar surface area (TPSA) is 157 Å². The molecule has 0 radical (unpaired) electrons. The number of hydrogen-bond acceptors (Lipinski definition) is 10. The highest BCUT2D eigenvalue weighted by Crippen LogP contribution is 2.51. The fourth-order valence-electron chi connectivity index (χ4n) is 1.59. The summed E-state index contributed by atoms with van der Waals surface area (Å²) in [5.74, 6) is -3.73. The van der Waals surface area contributed by atoms with E-state index in [1.165, 1.54) is 41.5 Å². The Morgan fingerprint density at radius 1 is 0.654 bits per heavy atom. The van der Waals surface area contributed by atoms with Crippen LogP contribution >= 0.6 is 7.82 Å². The third-order valence-electron chi connectivity index (χ3n) is 2.37. The van der Waals surface area contributed by atoms with Gasteiger partial charge in [-0.05, 0) is 41.5 Å². The lowest BCUT2D eigenvalue weighted by Crippen LogP contribution is -2.28. The summed E-state index contributed by atoms with van der Waals surface area (Å²) in [6.45, 7) is 7.67. The number of phosphoric acid groups is 1. The van der Waals surface area contributed by atoms with Gasteiger partial charge in [-0.15, -0.1) is 0 Å². The van der Waals surface area contributed by atoms with Crippen LogP contribution in [0.15, 0.2) is 0 Å². The Morgan fingerprint density at radius 2 is 0.846 bits per heavy atom. The molecule has 0 heterocycles. The minimum Gasteiger partial charge on any atom is -0.390 e. The van der Waals surface area contributed by atoms with Crippen molar-refractivity contribution in [2.24, 2.45) is 0 Å². The predicted molar refractivity (Wildman–Crippen MR) is 88.6 cm³/mol. The maximum absolute atomic E-state index is 12.5. The third kappa shape index (κ3) is 12.8. The highest BCUT2D eigenvalue weighted by Gasteiger charge is 2.42. The SMILES string of the molecule is CC(C)(O)CC(=O)OP(=O)(OC(=O)CC(C)(C)O)OC(=O)CC(C)(C)O. The Bertz CT molecular complexity index is 496. The van der Waals surface area contributed by atoms with Crippen LogP contribution < -0.4 is 0 Å². The van der Waals surface area contributed by atoms with Crippen molar-refractivity contribution in [2.45, 2.75) is 77.6 Å². The van der Waals surface area contributed by atoms with E-state index < -0.39 is 61.8 Å². The molecule has 0 rings (SSSR count). The maximum atomic E-state index is 12.5. The molecule has 0 fully saturated rings. The Balaban J connectivity index is 5.31. The number of aliphatic hydroxyl groups is 3. The van der Waals surface area contributed by atoms with E-state index in [0.717, 1.165) is 0 Å². The van der Waals surface area contributed by atoms with Gasteiger partial charge in [0.25, 0.3) is 0 Å². The van der Waals surface area contributed by atoms with Gasteiger partial charge in [0.1, 0.15) is 0 Å². The first-order valence-electron chi connectivity index (χ1n) is 7.75. The lowest BCUT2D eigenvalue weighted by Gasteiger charge is -2.22. The lowest BCUT2D eigenvalue weighted by molar-refractivity contribution is -0.148. The fraction of sp³-hybridized carbons (Fsp3) is 0.800. The van der Waals surface area contributed by atoms with Crippen molar-refractivity contribution in [2.75, 3.05) is 0 Å². The van der Waals surface area contributed by atoms with Crippen LogP contribution in [0, 0.1) is 0 Å². The zero-order chi connectivity index (χ0) is 21.0. The molecule has 0 saturated heterocycles. The van der Waals surface area contributed by atoms with Crippen LogP contribution in [0.5, 0.6) is 0 Å². The molecule has 0 unspecified atom stereocenters. The van der Waals surface area contributed by atoms with Gasteiger partial charge in [-0.2, -0.15) is 4.57 Å². The van der Waals surface area contributed by atoms with Crippen LogP contribution in [-0.4, -0.2) is 50.0 Å². The van der Waals surface area contributed by atoms with E-state index in [2.05, 4.69) is 13.6 Å². The van der Waals surface area contributed by atoms with E-state index in [1.54, 1.807) is 0 Å². The molecule has 11 heteroatoms. The van der Waals surface area contributed by atoms with Gasteiger partial charge in [0.15, 0.2) is 0 Å². The van der Waals surface area contributed by atoms with Crippen LogP contribution in [0.25, 0.3) is 0 Å². The summed E-state index contributed by atoms with van der Waals surface area (Å²) in [5, 5.41) is 28.7. The molecular weight excluding hydrogens is 371 g/mol. The summed E-state index contributed by atoms with van der Waals surface area (Å²) in [7, 11) is -5.03. The number of carbonyl (C=O) groups is 3. The highest BCUT2D eigenvalue weighted by atomic mass is 31.2. The van der Waals surface area contributed by atoms with Gasteiger partial charge in [-0.25, -0.2) is 0 Å². The second-order valence-corrected chi connectivity index (χ2v) is 9.25. The molecule has 0 saturated carbocycles. The second-order valence-electron chi connectivity index (χ2n) is 7.80. The highest BCUT2D eigenvalue weighted by molar-refractivity contribution is 7.50. The van der Waals surface area contributed by atoms with Crippen molar-refractivity contribution in [1.29, 1.82) is 0 Å². The van der Waals surface area contributed by atoms with Gasteiger partial charge in [0.2, 0.25) is 0 Å². The van der Waals surface area contributed by atoms with Crippen molar-refractivity contribution in [1.82, 2.24) is 0 Å². The first-order valence-corrected chi connectivity index (χ1v) is 9.21. The minimum absolute atomic E-state index is 0.622. The monoisotopic (exact) mass is 398 g/mol. The Kier molecular flexibility index (Phi) is 7.99. The van der Waals surface area contributed by atoms with E-state index in [9.17, 15) is 34.3 Å². The third-order valence-corrected chi connectivity index (χ3v) is 3.65. The van der Waals surface area contributed by atoms with E-state index in [-0.39, 0.29) is 0 Å². The second kappa shape index (κ2) is 8.47. The number of hydrogen-bond donors (Lipinski definition) is 3. The summed E-state index contributed by atoms with van der Waals surface area (Å²) >= 11 is 0. The number of phosphoric ester groups is 1. The molecule has 3 N–H and O–H groups in total. The van der Waals surface area contributed by atoms with Crippen LogP contribution in [0.4, 0.5) is 0 Å². The van der Waals surface area contributed by atoms with Crippen LogP contribution in [-0.2, 0) is 32.5 Å². The Labute approximate surface area is 152 Å². The van der Waals surface area contributed by atoms with Gasteiger partial charge in [0, 0.05) is 0 Å². The molecule has 0 bridgehead atoms. The first-order chi connectivity index (χ1) is 11.3. The molecule has 0 aromatic rings. The molecule has 0 aromatic carbocycles. The standard InChI is InChI=1S/C15H27O10P/c1-13(2,19)7-10(16)23-26(22,24-11(17)8-14(3,4)20)25-12(18)9-15(5,6)21/h19-21H,7-9H2,1-6H3. The van der Waals surface area contributed by atoms with E-state index in [4.69, 9.17) is 0 Å². The van der Waals surface area contributed by atoms with Crippen LogP contribution in [0.1, 0.15) is 60.8 Å². The van der Waals surface area contributed by atoms with Crippen LogP contribution in [0.3, 0.4) is 0 Å². The van der Waals surface area contributed by atoms with E-state index in [0.29, 0.717) is 0 Å².